The van der Waals surface area contributed by atoms with E-state index in [0.29, 0.717) is 6.04 Å². The summed E-state index contributed by atoms with van der Waals surface area (Å²) in [6.45, 7) is 0. The minimum Gasteiger partial charge on any atom is -0.350 e. The summed E-state index contributed by atoms with van der Waals surface area (Å²) in [7, 11) is 0. The van der Waals surface area contributed by atoms with E-state index in [9.17, 15) is 9.18 Å². The van der Waals surface area contributed by atoms with Crippen molar-refractivity contribution in [2.24, 2.45) is 0 Å². The second kappa shape index (κ2) is 4.56. The van der Waals surface area contributed by atoms with Crippen LogP contribution in [-0.4, -0.2) is 11.9 Å². The molecule has 18 heavy (non-hydrogen) atoms. The number of hydrogen-bond donors (Lipinski definition) is 1. The van der Waals surface area contributed by atoms with Crippen molar-refractivity contribution in [1.82, 2.24) is 5.32 Å². The van der Waals surface area contributed by atoms with Gasteiger partial charge >= 0.3 is 0 Å². The highest BCUT2D eigenvalue weighted by Crippen LogP contribution is 2.32. The summed E-state index contributed by atoms with van der Waals surface area (Å²) < 4.78 is 13.7. The summed E-state index contributed by atoms with van der Waals surface area (Å²) in [4.78, 5) is 11.8. The fourth-order valence-corrected chi connectivity index (χ4v) is 2.48. The molecule has 1 saturated carbocycles. The molecule has 1 amide bonds. The molecule has 2 aliphatic carbocycles. The normalized spacial score (nSPS) is 20.6. The number of hydrogen-bond acceptors (Lipinski definition) is 1. The molecule has 0 bridgehead atoms. The lowest BCUT2D eigenvalue weighted by atomic mass is 9.87. The predicted octanol–water partition coefficient (Wildman–Crippen LogP) is 2.82. The van der Waals surface area contributed by atoms with E-state index in [1.54, 1.807) is 12.1 Å². The van der Waals surface area contributed by atoms with E-state index in [4.69, 9.17) is 0 Å². The van der Waals surface area contributed by atoms with Crippen LogP contribution in [0.25, 0.3) is 5.57 Å². The van der Waals surface area contributed by atoms with E-state index < -0.39 is 0 Å². The molecule has 1 fully saturated rings. The molecule has 94 valence electrons. The van der Waals surface area contributed by atoms with E-state index in [-0.39, 0.29) is 11.7 Å². The molecular weight excluding hydrogens is 229 g/mol. The van der Waals surface area contributed by atoms with Gasteiger partial charge in [-0.3, -0.25) is 4.79 Å². The van der Waals surface area contributed by atoms with Crippen molar-refractivity contribution in [2.45, 2.75) is 38.1 Å². The highest BCUT2D eigenvalue weighted by Gasteiger charge is 2.23. The minimum absolute atomic E-state index is 0.0374. The third kappa shape index (κ3) is 2.30. The number of allylic oxidation sites excluding steroid dienone is 1. The monoisotopic (exact) mass is 245 g/mol. The van der Waals surface area contributed by atoms with E-state index in [1.165, 1.54) is 6.07 Å². The Morgan fingerprint density at radius 1 is 1.33 bits per heavy atom. The van der Waals surface area contributed by atoms with Crippen LogP contribution < -0.4 is 5.32 Å². The van der Waals surface area contributed by atoms with Gasteiger partial charge in [0.05, 0.1) is 0 Å². The molecule has 2 aliphatic rings. The second-order valence-electron chi connectivity index (χ2n) is 5.07. The molecule has 0 aliphatic heterocycles. The Labute approximate surface area is 106 Å². The van der Waals surface area contributed by atoms with Gasteiger partial charge in [-0.2, -0.15) is 0 Å². The number of rotatable bonds is 2. The molecular formula is C15H16FNO. The number of benzene rings is 1. The summed E-state index contributed by atoms with van der Waals surface area (Å²) in [5.74, 6) is -0.190. The molecule has 0 radical (unpaired) electrons. The Hall–Kier alpha value is -1.64. The molecule has 3 heteroatoms. The molecule has 1 N–H and O–H groups in total. The molecule has 0 aromatic heterocycles. The van der Waals surface area contributed by atoms with Crippen LogP contribution in [0.3, 0.4) is 0 Å². The molecule has 1 aromatic carbocycles. The Bertz CT molecular complexity index is 517. The van der Waals surface area contributed by atoms with Crippen LogP contribution in [0.5, 0.6) is 0 Å². The molecule has 0 spiro atoms. The summed E-state index contributed by atoms with van der Waals surface area (Å²) in [5.41, 5.74) is 2.63. The maximum Gasteiger partial charge on any atom is 0.244 e. The van der Waals surface area contributed by atoms with Gasteiger partial charge in [-0.15, -0.1) is 0 Å². The van der Waals surface area contributed by atoms with Crippen molar-refractivity contribution in [3.63, 3.8) is 0 Å². The quantitative estimate of drug-likeness (QED) is 0.798. The minimum atomic E-state index is -0.152. The average Bonchev–Trinajstić information content (AvgIpc) is 3.14. The third-order valence-corrected chi connectivity index (χ3v) is 3.57. The lowest BCUT2D eigenvalue weighted by molar-refractivity contribution is -0.116. The van der Waals surface area contributed by atoms with Crippen molar-refractivity contribution >= 4 is 11.5 Å². The largest absolute Gasteiger partial charge is 0.350 e. The average molecular weight is 245 g/mol. The van der Waals surface area contributed by atoms with Crippen molar-refractivity contribution in [3.8, 4) is 0 Å². The van der Waals surface area contributed by atoms with Crippen LogP contribution in [-0.2, 0) is 11.2 Å². The van der Waals surface area contributed by atoms with E-state index in [1.807, 2.05) is 6.07 Å². The van der Waals surface area contributed by atoms with Gasteiger partial charge in [0.1, 0.15) is 5.82 Å². The van der Waals surface area contributed by atoms with Crippen LogP contribution >= 0.6 is 0 Å². The van der Waals surface area contributed by atoms with Crippen molar-refractivity contribution in [3.05, 3.63) is 41.2 Å². The van der Waals surface area contributed by atoms with Crippen LogP contribution in [0, 0.1) is 5.82 Å². The highest BCUT2D eigenvalue weighted by molar-refractivity contribution is 5.96. The summed E-state index contributed by atoms with van der Waals surface area (Å²) in [6, 6.07) is 5.48. The van der Waals surface area contributed by atoms with Gasteiger partial charge in [0.2, 0.25) is 5.91 Å². The Morgan fingerprint density at radius 3 is 2.94 bits per heavy atom. The summed E-state index contributed by atoms with van der Waals surface area (Å²) in [5, 5.41) is 2.94. The molecule has 0 unspecified atom stereocenters. The second-order valence-corrected chi connectivity index (χ2v) is 5.07. The standard InChI is InChI=1S/C15H16FNO/c16-14-6-2-4-12-10(3-1-5-13(12)14)9-15(18)17-11-7-8-11/h2,4,6,9,11H,1,3,5,7-8H2,(H,17,18). The van der Waals surface area contributed by atoms with Gasteiger partial charge in [-0.05, 0) is 54.9 Å². The first-order valence-electron chi connectivity index (χ1n) is 6.53. The molecule has 0 heterocycles. The lowest BCUT2D eigenvalue weighted by Crippen LogP contribution is -2.23. The van der Waals surface area contributed by atoms with Gasteiger partial charge in [-0.25, -0.2) is 4.39 Å². The Kier molecular flexibility index (Phi) is 2.90. The topological polar surface area (TPSA) is 29.1 Å². The Morgan fingerprint density at radius 2 is 2.17 bits per heavy atom. The van der Waals surface area contributed by atoms with Gasteiger partial charge in [-0.1, -0.05) is 12.1 Å². The smallest absolute Gasteiger partial charge is 0.244 e. The number of nitrogens with one attached hydrogen (secondary N) is 1. The highest BCUT2D eigenvalue weighted by atomic mass is 19.1. The number of carbonyl (C=O) groups excluding carboxylic acids is 1. The predicted molar refractivity (Wildman–Crippen MR) is 68.5 cm³/mol. The third-order valence-electron chi connectivity index (χ3n) is 3.57. The SMILES string of the molecule is O=C(C=C1CCCc2c(F)cccc21)NC1CC1. The van der Waals surface area contributed by atoms with Crippen LogP contribution in [0.1, 0.15) is 36.8 Å². The van der Waals surface area contributed by atoms with Crippen LogP contribution in [0.2, 0.25) is 0 Å². The molecule has 3 rings (SSSR count). The zero-order chi connectivity index (χ0) is 12.5. The Balaban J connectivity index is 1.88. The number of fused-ring (bicyclic) bond motifs is 1. The van der Waals surface area contributed by atoms with E-state index in [0.717, 1.165) is 48.8 Å². The van der Waals surface area contributed by atoms with Crippen molar-refractivity contribution in [2.75, 3.05) is 0 Å². The lowest BCUT2D eigenvalue weighted by Gasteiger charge is -2.19. The van der Waals surface area contributed by atoms with Gasteiger partial charge in [0.25, 0.3) is 0 Å². The first-order valence-corrected chi connectivity index (χ1v) is 6.53. The summed E-state index contributed by atoms with van der Waals surface area (Å²) in [6.07, 6.45) is 6.35. The first kappa shape index (κ1) is 11.5. The van der Waals surface area contributed by atoms with E-state index in [2.05, 4.69) is 5.32 Å². The zero-order valence-electron chi connectivity index (χ0n) is 10.2. The van der Waals surface area contributed by atoms with Crippen molar-refractivity contribution < 1.29 is 9.18 Å². The fourth-order valence-electron chi connectivity index (χ4n) is 2.48. The fraction of sp³-hybridized carbons (Fsp3) is 0.400. The number of halogens is 1. The molecule has 0 saturated heterocycles. The first-order chi connectivity index (χ1) is 8.74. The number of carbonyl (C=O) groups is 1. The maximum atomic E-state index is 13.7. The van der Waals surface area contributed by atoms with Crippen molar-refractivity contribution in [1.29, 1.82) is 0 Å². The molecule has 2 nitrogen and oxygen atoms in total. The maximum absolute atomic E-state index is 13.7. The van der Waals surface area contributed by atoms with Crippen LogP contribution in [0.15, 0.2) is 24.3 Å². The molecule has 1 aromatic rings. The zero-order valence-corrected chi connectivity index (χ0v) is 10.2. The van der Waals surface area contributed by atoms with Gasteiger partial charge in [0.15, 0.2) is 0 Å². The molecule has 0 atom stereocenters. The van der Waals surface area contributed by atoms with Gasteiger partial charge in [0, 0.05) is 12.1 Å². The van der Waals surface area contributed by atoms with E-state index >= 15 is 0 Å². The van der Waals surface area contributed by atoms with Gasteiger partial charge < -0.3 is 5.32 Å². The van der Waals surface area contributed by atoms with Crippen LogP contribution in [0.4, 0.5) is 4.39 Å². The number of amides is 1. The summed E-state index contributed by atoms with van der Waals surface area (Å²) >= 11 is 0.